The lowest BCUT2D eigenvalue weighted by Gasteiger charge is -2.24. The fraction of sp³-hybridized carbons (Fsp3) is 0.0526. The van der Waals surface area contributed by atoms with Crippen molar-refractivity contribution < 1.29 is 18.0 Å². The second-order valence-corrected chi connectivity index (χ2v) is 7.63. The van der Waals surface area contributed by atoms with Crippen LogP contribution in [-0.4, -0.2) is 26.0 Å². The van der Waals surface area contributed by atoms with Crippen molar-refractivity contribution in [2.75, 3.05) is 4.41 Å². The first-order valence-electron chi connectivity index (χ1n) is 8.31. The van der Waals surface area contributed by atoms with E-state index in [0.29, 0.717) is 0 Å². The number of sulfonamides is 1. The number of urea groups is 1. The Labute approximate surface area is 168 Å². The molecule has 0 bridgehead atoms. The maximum absolute atomic E-state index is 13.1. The molecule has 3 aromatic rings. The molecule has 2 amide bonds. The Balaban J connectivity index is 0.000000941. The number of nitrogens with zero attached hydrogens (tertiary/aromatic N) is 3. The van der Waals surface area contributed by atoms with Gasteiger partial charge in [-0.2, -0.15) is 17.6 Å². The number of amides is 2. The highest BCUT2D eigenvalue weighted by atomic mass is 32.2. The SMILES string of the molecule is C=[N+]=[N-].Cc1ccc(S(=O)(=O)N(NC(=O)NN)c2ccc3ccccc3c2)cc1. The van der Waals surface area contributed by atoms with Crippen molar-refractivity contribution >= 4 is 39.2 Å². The average molecular weight is 412 g/mol. The number of anilines is 1. The fourth-order valence-electron chi connectivity index (χ4n) is 2.51. The van der Waals surface area contributed by atoms with Crippen molar-refractivity contribution in [3.05, 3.63) is 77.8 Å². The van der Waals surface area contributed by atoms with Gasteiger partial charge in [0, 0.05) is 0 Å². The van der Waals surface area contributed by atoms with Crippen LogP contribution in [0.15, 0.2) is 71.6 Å². The van der Waals surface area contributed by atoms with Gasteiger partial charge in [0.15, 0.2) is 0 Å². The molecule has 0 fully saturated rings. The van der Waals surface area contributed by atoms with Crippen LogP contribution >= 0.6 is 0 Å². The number of rotatable bonds is 4. The van der Waals surface area contributed by atoms with Gasteiger partial charge in [-0.3, -0.25) is 5.43 Å². The Morgan fingerprint density at radius 2 is 1.66 bits per heavy atom. The number of benzene rings is 3. The minimum atomic E-state index is -4.04. The quantitative estimate of drug-likeness (QED) is 0.151. The minimum absolute atomic E-state index is 0.0496. The smallest absolute Gasteiger partial charge is 0.348 e. The van der Waals surface area contributed by atoms with Crippen LogP contribution in [0, 0.1) is 6.92 Å². The van der Waals surface area contributed by atoms with Gasteiger partial charge in [0.05, 0.1) is 10.6 Å². The maximum atomic E-state index is 13.1. The van der Waals surface area contributed by atoms with Gasteiger partial charge in [-0.25, -0.2) is 16.1 Å². The predicted octanol–water partition coefficient (Wildman–Crippen LogP) is 2.35. The summed E-state index contributed by atoms with van der Waals surface area (Å²) in [5.41, 5.74) is 12.4. The third kappa shape index (κ3) is 5.17. The topological polar surface area (TPSA) is 141 Å². The molecule has 3 aromatic carbocycles. The van der Waals surface area contributed by atoms with E-state index in [9.17, 15) is 13.2 Å². The number of hydrazine groups is 2. The number of hydrogen-bond acceptors (Lipinski definition) is 4. The first kappa shape index (κ1) is 21.6. The van der Waals surface area contributed by atoms with E-state index in [1.165, 1.54) is 12.1 Å². The Morgan fingerprint density at radius 3 is 2.24 bits per heavy atom. The molecule has 0 heterocycles. The molecule has 29 heavy (non-hydrogen) atoms. The molecule has 3 rings (SSSR count). The van der Waals surface area contributed by atoms with E-state index in [2.05, 4.69) is 16.9 Å². The zero-order valence-corrected chi connectivity index (χ0v) is 16.4. The molecule has 0 aromatic heterocycles. The third-order valence-electron chi connectivity index (χ3n) is 3.86. The largest absolute Gasteiger partial charge is 0.362 e. The average Bonchev–Trinajstić information content (AvgIpc) is 2.72. The second kappa shape index (κ2) is 9.47. The van der Waals surface area contributed by atoms with Crippen LogP contribution < -0.4 is 21.1 Å². The Kier molecular flexibility index (Phi) is 7.05. The van der Waals surface area contributed by atoms with Crippen LogP contribution in [-0.2, 0) is 10.0 Å². The molecule has 4 N–H and O–H groups in total. The third-order valence-corrected chi connectivity index (χ3v) is 5.51. The molecule has 9 nitrogen and oxygen atoms in total. The Bertz CT molecular complexity index is 1140. The Hall–Kier alpha value is -3.72. The van der Waals surface area contributed by atoms with Gasteiger partial charge in [-0.05, 0) is 42.0 Å². The summed E-state index contributed by atoms with van der Waals surface area (Å²) in [6.07, 6.45) is 0. The number of nitrogens with one attached hydrogen (secondary N) is 2. The van der Waals surface area contributed by atoms with Crippen molar-refractivity contribution in [2.45, 2.75) is 11.8 Å². The molecule has 150 valence electrons. The number of aryl methyl sites for hydroxylation is 1. The normalized spacial score (nSPS) is 10.3. The van der Waals surface area contributed by atoms with Crippen molar-refractivity contribution in [1.29, 1.82) is 0 Å². The van der Waals surface area contributed by atoms with Gasteiger partial charge in [-0.15, -0.1) is 0 Å². The van der Waals surface area contributed by atoms with Crippen molar-refractivity contribution in [3.8, 4) is 0 Å². The lowest BCUT2D eigenvalue weighted by atomic mass is 10.1. The minimum Gasteiger partial charge on any atom is -0.362 e. The summed E-state index contributed by atoms with van der Waals surface area (Å²) in [7, 11) is -4.04. The molecule has 0 aliphatic rings. The number of carbonyl (C=O) groups is 1. The summed E-state index contributed by atoms with van der Waals surface area (Å²) in [5.74, 6) is 5.11. The van der Waals surface area contributed by atoms with Gasteiger partial charge in [0.1, 0.15) is 0 Å². The molecule has 0 atom stereocenters. The van der Waals surface area contributed by atoms with E-state index < -0.39 is 16.1 Å². The highest BCUT2D eigenvalue weighted by Crippen LogP contribution is 2.26. The van der Waals surface area contributed by atoms with E-state index in [1.807, 2.05) is 36.6 Å². The standard InChI is InChI=1S/C18H18N4O3S.CH2N2/c1-13-6-10-17(11-7-13)26(24,25)22(21-18(23)20-19)16-9-8-14-4-2-3-5-15(14)12-16;1-3-2/h2-12H,19H2,1H3,(H2,20,21,23);1H2. The van der Waals surface area contributed by atoms with E-state index in [4.69, 9.17) is 11.4 Å². The second-order valence-electron chi connectivity index (χ2n) is 5.84. The van der Waals surface area contributed by atoms with Crippen LogP contribution in [0.1, 0.15) is 5.56 Å². The van der Waals surface area contributed by atoms with Gasteiger partial charge < -0.3 is 5.53 Å². The number of fused-ring (bicyclic) bond motifs is 1. The van der Waals surface area contributed by atoms with Crippen molar-refractivity contribution in [1.82, 2.24) is 10.9 Å². The lowest BCUT2D eigenvalue weighted by Crippen LogP contribution is -2.52. The van der Waals surface area contributed by atoms with Gasteiger partial charge in [0.2, 0.25) is 6.72 Å². The molecular weight excluding hydrogens is 392 g/mol. The van der Waals surface area contributed by atoms with E-state index in [-0.39, 0.29) is 10.6 Å². The first-order chi connectivity index (χ1) is 13.8. The number of nitrogens with two attached hydrogens (primary N) is 1. The summed E-state index contributed by atoms with van der Waals surface area (Å²) >= 11 is 0. The number of hydrogen-bond donors (Lipinski definition) is 3. The first-order valence-corrected chi connectivity index (χ1v) is 9.75. The zero-order chi connectivity index (χ0) is 21.4. The Morgan fingerprint density at radius 1 is 1.07 bits per heavy atom. The fourth-order valence-corrected chi connectivity index (χ4v) is 3.79. The van der Waals surface area contributed by atoms with E-state index in [1.54, 1.807) is 30.3 Å². The van der Waals surface area contributed by atoms with Gasteiger partial charge >= 0.3 is 6.03 Å². The summed E-state index contributed by atoms with van der Waals surface area (Å²) in [4.78, 5) is 14.0. The summed E-state index contributed by atoms with van der Waals surface area (Å²) in [5, 5.41) is 1.79. The molecule has 0 saturated carbocycles. The van der Waals surface area contributed by atoms with Gasteiger partial charge in [-0.1, -0.05) is 48.0 Å². The van der Waals surface area contributed by atoms with E-state index in [0.717, 1.165) is 20.8 Å². The van der Waals surface area contributed by atoms with Crippen molar-refractivity contribution in [2.24, 2.45) is 5.84 Å². The van der Waals surface area contributed by atoms with Crippen molar-refractivity contribution in [3.63, 3.8) is 0 Å². The summed E-state index contributed by atoms with van der Waals surface area (Å²) in [6, 6.07) is 18.1. The van der Waals surface area contributed by atoms with E-state index >= 15 is 0 Å². The molecular formula is C19H20N6O3S. The highest BCUT2D eigenvalue weighted by Gasteiger charge is 2.27. The lowest BCUT2D eigenvalue weighted by molar-refractivity contribution is 0.0110. The van der Waals surface area contributed by atoms with Gasteiger partial charge in [0.25, 0.3) is 10.0 Å². The highest BCUT2D eigenvalue weighted by molar-refractivity contribution is 7.92. The molecule has 0 unspecified atom stereocenters. The summed E-state index contributed by atoms with van der Waals surface area (Å²) < 4.78 is 27.0. The van der Waals surface area contributed by atoms with Crippen LogP contribution in [0.4, 0.5) is 10.5 Å². The zero-order valence-electron chi connectivity index (χ0n) is 15.6. The van der Waals surface area contributed by atoms with Crippen LogP contribution in [0.3, 0.4) is 0 Å². The molecule has 0 aliphatic carbocycles. The monoisotopic (exact) mass is 412 g/mol. The maximum Gasteiger partial charge on any atom is 0.348 e. The van der Waals surface area contributed by atoms with Crippen LogP contribution in [0.2, 0.25) is 0 Å². The van der Waals surface area contributed by atoms with Crippen LogP contribution in [0.25, 0.3) is 16.3 Å². The number of carbonyl (C=O) groups excluding carboxylic acids is 1. The molecule has 0 spiro atoms. The molecule has 0 radical (unpaired) electrons. The van der Waals surface area contributed by atoms with Crippen LogP contribution in [0.5, 0.6) is 0 Å². The molecule has 10 heteroatoms. The molecule has 0 aliphatic heterocycles. The summed E-state index contributed by atoms with van der Waals surface area (Å²) in [6.45, 7) is 4.53. The predicted molar refractivity (Wildman–Crippen MR) is 111 cm³/mol. The molecule has 0 saturated heterocycles.